The maximum Gasteiger partial charge on any atom is 0.293 e. The number of hydrogen-bond donors (Lipinski definition) is 0. The van der Waals surface area contributed by atoms with Crippen LogP contribution >= 0.6 is 23.4 Å². The number of thioether (sulfide) groups is 1. The van der Waals surface area contributed by atoms with E-state index < -0.39 is 0 Å². The van der Waals surface area contributed by atoms with Crippen LogP contribution in [0.5, 0.6) is 5.75 Å². The highest BCUT2D eigenvalue weighted by molar-refractivity contribution is 8.18. The number of benzene rings is 2. The van der Waals surface area contributed by atoms with Crippen molar-refractivity contribution in [2.45, 2.75) is 6.92 Å². The van der Waals surface area contributed by atoms with E-state index in [0.717, 1.165) is 27.9 Å². The average Bonchev–Trinajstić information content (AvgIpc) is 3.27. The minimum absolute atomic E-state index is 0.299. The van der Waals surface area contributed by atoms with Crippen LogP contribution in [-0.2, 0) is 4.79 Å². The second kappa shape index (κ2) is 8.38. The Balaban J connectivity index is 1.83. The number of hydrogen-bond acceptors (Lipinski definition) is 5. The molecule has 3 aromatic rings. The maximum absolute atomic E-state index is 12.4. The molecule has 8 heteroatoms. The van der Waals surface area contributed by atoms with Gasteiger partial charge in [-0.3, -0.25) is 14.5 Å². The third-order valence-corrected chi connectivity index (χ3v) is 5.80. The van der Waals surface area contributed by atoms with E-state index in [1.807, 2.05) is 49.5 Å². The first kappa shape index (κ1) is 20.3. The molecule has 30 heavy (non-hydrogen) atoms. The van der Waals surface area contributed by atoms with Crippen LogP contribution in [0.3, 0.4) is 0 Å². The predicted octanol–water partition coefficient (Wildman–Crippen LogP) is 5.26. The minimum Gasteiger partial charge on any atom is -0.492 e. The molecule has 1 aliphatic rings. The Labute approximate surface area is 183 Å². The van der Waals surface area contributed by atoms with Crippen molar-refractivity contribution in [1.29, 1.82) is 0 Å². The lowest BCUT2D eigenvalue weighted by molar-refractivity contribution is -0.121. The van der Waals surface area contributed by atoms with Crippen molar-refractivity contribution in [2.75, 3.05) is 13.7 Å². The van der Waals surface area contributed by atoms with Gasteiger partial charge < -0.3 is 4.74 Å². The Morgan fingerprint density at radius 2 is 1.93 bits per heavy atom. The fraction of sp³-hybridized carbons (Fsp3) is 0.136. The zero-order valence-corrected chi connectivity index (χ0v) is 17.9. The Bertz CT molecular complexity index is 1160. The summed E-state index contributed by atoms with van der Waals surface area (Å²) in [6, 6.07) is 15.1. The number of likely N-dealkylation sites (N-methyl/N-ethyl adjacent to an activating group) is 1. The first-order valence-corrected chi connectivity index (χ1v) is 10.5. The van der Waals surface area contributed by atoms with Crippen LogP contribution in [0.4, 0.5) is 4.79 Å². The highest BCUT2D eigenvalue weighted by Gasteiger charge is 2.32. The van der Waals surface area contributed by atoms with Crippen LogP contribution in [-0.4, -0.2) is 39.5 Å². The lowest BCUT2D eigenvalue weighted by atomic mass is 10.1. The largest absolute Gasteiger partial charge is 0.492 e. The van der Waals surface area contributed by atoms with Crippen molar-refractivity contribution >= 4 is 40.6 Å². The Morgan fingerprint density at radius 3 is 2.57 bits per heavy atom. The second-order valence-electron chi connectivity index (χ2n) is 6.53. The smallest absolute Gasteiger partial charge is 0.293 e. The van der Waals surface area contributed by atoms with Crippen LogP contribution in [0.1, 0.15) is 12.5 Å². The van der Waals surface area contributed by atoms with E-state index in [2.05, 4.69) is 0 Å². The van der Waals surface area contributed by atoms with E-state index in [0.29, 0.717) is 33.5 Å². The van der Waals surface area contributed by atoms with Gasteiger partial charge in [-0.1, -0.05) is 29.8 Å². The molecule has 1 aromatic heterocycles. The summed E-state index contributed by atoms with van der Waals surface area (Å²) in [7, 11) is 1.47. The van der Waals surface area contributed by atoms with Gasteiger partial charge in [-0.25, -0.2) is 4.68 Å². The van der Waals surface area contributed by atoms with E-state index >= 15 is 0 Å². The summed E-state index contributed by atoms with van der Waals surface area (Å²) in [5, 5.41) is 4.90. The zero-order valence-electron chi connectivity index (χ0n) is 16.3. The lowest BCUT2D eigenvalue weighted by Crippen LogP contribution is -2.22. The van der Waals surface area contributed by atoms with Crippen LogP contribution < -0.4 is 4.74 Å². The number of rotatable bonds is 5. The number of carbonyl (C=O) groups excluding carboxylic acids is 2. The Morgan fingerprint density at radius 1 is 1.17 bits per heavy atom. The number of amides is 2. The minimum atomic E-state index is -0.326. The van der Waals surface area contributed by atoms with Crippen molar-refractivity contribution in [2.24, 2.45) is 0 Å². The fourth-order valence-electron chi connectivity index (χ4n) is 3.04. The van der Waals surface area contributed by atoms with Gasteiger partial charge in [-0.2, -0.15) is 5.10 Å². The van der Waals surface area contributed by atoms with Gasteiger partial charge in [0.25, 0.3) is 11.1 Å². The molecule has 0 spiro atoms. The predicted molar refractivity (Wildman–Crippen MR) is 119 cm³/mol. The molecule has 1 saturated heterocycles. The standard InChI is InChI=1S/C22H18ClN3O3S/c1-3-29-18-10-9-14(11-17(18)23)20-15(12-19-21(27)25(2)22(28)30-19)13-26(24-20)16-7-5-4-6-8-16/h4-13H,3H2,1-2H3. The summed E-state index contributed by atoms with van der Waals surface area (Å²) in [5.74, 6) is 0.271. The van der Waals surface area contributed by atoms with Crippen molar-refractivity contribution in [3.63, 3.8) is 0 Å². The molecule has 2 amide bonds. The summed E-state index contributed by atoms with van der Waals surface area (Å²) < 4.78 is 7.25. The van der Waals surface area contributed by atoms with Crippen molar-refractivity contribution < 1.29 is 14.3 Å². The van der Waals surface area contributed by atoms with E-state index in [1.54, 1.807) is 22.9 Å². The molecule has 0 saturated carbocycles. The summed E-state index contributed by atoms with van der Waals surface area (Å²) >= 11 is 7.29. The molecule has 1 aliphatic heterocycles. The molecule has 0 unspecified atom stereocenters. The van der Waals surface area contributed by atoms with E-state index in [1.165, 1.54) is 7.05 Å². The summed E-state index contributed by atoms with van der Waals surface area (Å²) in [5.41, 5.74) is 3.00. The van der Waals surface area contributed by atoms with Crippen LogP contribution in [0.25, 0.3) is 23.0 Å². The van der Waals surface area contributed by atoms with Gasteiger partial charge in [0, 0.05) is 24.4 Å². The van der Waals surface area contributed by atoms with Crippen LogP contribution in [0.15, 0.2) is 59.6 Å². The van der Waals surface area contributed by atoms with E-state index in [9.17, 15) is 9.59 Å². The molecular formula is C22H18ClN3O3S. The SMILES string of the molecule is CCOc1ccc(-c2nn(-c3ccccc3)cc2C=C2SC(=O)N(C)C2=O)cc1Cl. The first-order chi connectivity index (χ1) is 14.5. The Hall–Kier alpha value is -3.03. The van der Waals surface area contributed by atoms with E-state index in [4.69, 9.17) is 21.4 Å². The first-order valence-electron chi connectivity index (χ1n) is 9.27. The van der Waals surface area contributed by atoms with Gasteiger partial charge in [-0.05, 0) is 55.1 Å². The molecule has 0 bridgehead atoms. The lowest BCUT2D eigenvalue weighted by Gasteiger charge is -2.07. The highest BCUT2D eigenvalue weighted by Crippen LogP contribution is 2.35. The summed E-state index contributed by atoms with van der Waals surface area (Å²) in [6.07, 6.45) is 3.53. The number of ether oxygens (including phenoxy) is 1. The summed E-state index contributed by atoms with van der Waals surface area (Å²) in [4.78, 5) is 25.7. The average molecular weight is 440 g/mol. The number of carbonyl (C=O) groups is 2. The third-order valence-electron chi connectivity index (χ3n) is 4.54. The fourth-order valence-corrected chi connectivity index (χ4v) is 4.09. The molecule has 0 atom stereocenters. The van der Waals surface area contributed by atoms with Gasteiger partial charge in [0.2, 0.25) is 0 Å². The van der Waals surface area contributed by atoms with E-state index in [-0.39, 0.29) is 11.1 Å². The summed E-state index contributed by atoms with van der Waals surface area (Å²) in [6.45, 7) is 2.41. The quantitative estimate of drug-likeness (QED) is 0.507. The molecule has 0 aliphatic carbocycles. The second-order valence-corrected chi connectivity index (χ2v) is 7.93. The third kappa shape index (κ3) is 3.86. The highest BCUT2D eigenvalue weighted by atomic mass is 35.5. The van der Waals surface area contributed by atoms with Gasteiger partial charge in [0.1, 0.15) is 11.4 Å². The molecule has 6 nitrogen and oxygen atoms in total. The van der Waals surface area contributed by atoms with Gasteiger partial charge in [0.15, 0.2) is 0 Å². The number of halogens is 1. The van der Waals surface area contributed by atoms with Crippen molar-refractivity contribution in [3.8, 4) is 22.7 Å². The van der Waals surface area contributed by atoms with Crippen molar-refractivity contribution in [3.05, 3.63) is 70.2 Å². The molecule has 0 radical (unpaired) electrons. The number of para-hydroxylation sites is 1. The van der Waals surface area contributed by atoms with Gasteiger partial charge >= 0.3 is 0 Å². The Kier molecular flexibility index (Phi) is 5.65. The van der Waals surface area contributed by atoms with Gasteiger partial charge in [-0.15, -0.1) is 0 Å². The molecule has 4 rings (SSSR count). The molecular weight excluding hydrogens is 422 g/mol. The van der Waals surface area contributed by atoms with Crippen LogP contribution in [0, 0.1) is 0 Å². The molecule has 2 heterocycles. The molecule has 152 valence electrons. The number of nitrogens with zero attached hydrogens (tertiary/aromatic N) is 3. The maximum atomic E-state index is 12.4. The zero-order chi connectivity index (χ0) is 21.3. The number of imide groups is 1. The monoisotopic (exact) mass is 439 g/mol. The van der Waals surface area contributed by atoms with Crippen LogP contribution in [0.2, 0.25) is 5.02 Å². The number of aromatic nitrogens is 2. The van der Waals surface area contributed by atoms with Gasteiger partial charge in [0.05, 0.1) is 22.2 Å². The topological polar surface area (TPSA) is 64.4 Å². The molecule has 2 aromatic carbocycles. The van der Waals surface area contributed by atoms with Crippen molar-refractivity contribution in [1.82, 2.24) is 14.7 Å². The molecule has 1 fully saturated rings. The normalized spacial score (nSPS) is 15.3. The molecule has 0 N–H and O–H groups in total.